The predicted molar refractivity (Wildman–Crippen MR) is 149 cm³/mol. The number of urea groups is 1. The quantitative estimate of drug-likeness (QED) is 0.337. The van der Waals surface area contributed by atoms with Gasteiger partial charge in [-0.05, 0) is 80.3 Å². The molecule has 1 heterocycles. The van der Waals surface area contributed by atoms with Crippen molar-refractivity contribution in [1.29, 1.82) is 0 Å². The third-order valence-electron chi connectivity index (χ3n) is 6.51. The van der Waals surface area contributed by atoms with E-state index in [-0.39, 0.29) is 24.5 Å². The van der Waals surface area contributed by atoms with Gasteiger partial charge in [0.1, 0.15) is 12.3 Å². The number of rotatable bonds is 12. The monoisotopic (exact) mass is 537 g/mol. The number of methoxy groups -OCH3 is 3. The van der Waals surface area contributed by atoms with Crippen molar-refractivity contribution in [2.24, 2.45) is 0 Å². The van der Waals surface area contributed by atoms with Gasteiger partial charge in [-0.15, -0.1) is 11.3 Å². The molecule has 202 valence electrons. The average Bonchev–Trinajstić information content (AvgIpc) is 3.69. The van der Waals surface area contributed by atoms with E-state index in [0.29, 0.717) is 42.4 Å². The molecule has 0 unspecified atom stereocenters. The van der Waals surface area contributed by atoms with E-state index in [1.54, 1.807) is 61.8 Å². The molecule has 1 saturated carbocycles. The predicted octanol–water partition coefficient (Wildman–Crippen LogP) is 5.35. The summed E-state index contributed by atoms with van der Waals surface area (Å²) in [6, 6.07) is 16.9. The van der Waals surface area contributed by atoms with Crippen molar-refractivity contribution in [3.05, 3.63) is 69.9 Å². The molecule has 1 aromatic heterocycles. The molecule has 0 saturated heterocycles. The maximum absolute atomic E-state index is 13.6. The van der Waals surface area contributed by atoms with E-state index >= 15 is 0 Å². The number of nitrogens with zero attached hydrogens (tertiary/aromatic N) is 2. The summed E-state index contributed by atoms with van der Waals surface area (Å²) in [4.78, 5) is 32.6. The molecule has 3 aromatic rings. The number of thiophene rings is 1. The maximum Gasteiger partial charge on any atom is 0.322 e. The van der Waals surface area contributed by atoms with Gasteiger partial charge in [-0.1, -0.05) is 6.07 Å². The van der Waals surface area contributed by atoms with Crippen molar-refractivity contribution in [2.45, 2.75) is 38.8 Å². The number of anilines is 1. The molecule has 0 aliphatic heterocycles. The number of ether oxygens (including phenoxy) is 3. The van der Waals surface area contributed by atoms with Crippen LogP contribution in [0.15, 0.2) is 54.6 Å². The van der Waals surface area contributed by atoms with E-state index in [9.17, 15) is 9.59 Å². The molecular formula is C29H35N3O5S. The van der Waals surface area contributed by atoms with Gasteiger partial charge in [0.15, 0.2) is 11.5 Å². The van der Waals surface area contributed by atoms with Gasteiger partial charge in [-0.2, -0.15) is 0 Å². The van der Waals surface area contributed by atoms with Crippen molar-refractivity contribution in [3.63, 3.8) is 0 Å². The van der Waals surface area contributed by atoms with Crippen LogP contribution in [0.4, 0.5) is 10.5 Å². The first kappa shape index (κ1) is 27.3. The van der Waals surface area contributed by atoms with Crippen LogP contribution in [0, 0.1) is 6.92 Å². The fraction of sp³-hybridized carbons (Fsp3) is 0.379. The van der Waals surface area contributed by atoms with E-state index in [1.807, 2.05) is 23.1 Å². The van der Waals surface area contributed by atoms with Crippen molar-refractivity contribution in [2.75, 3.05) is 39.7 Å². The Labute approximate surface area is 228 Å². The second kappa shape index (κ2) is 12.7. The lowest BCUT2D eigenvalue weighted by Gasteiger charge is -2.28. The molecule has 1 fully saturated rings. The Kier molecular flexibility index (Phi) is 9.12. The molecule has 1 aliphatic carbocycles. The topological polar surface area (TPSA) is 80.3 Å². The van der Waals surface area contributed by atoms with E-state index in [2.05, 4.69) is 24.4 Å². The van der Waals surface area contributed by atoms with Crippen LogP contribution >= 0.6 is 11.3 Å². The minimum absolute atomic E-state index is 0.0307. The minimum atomic E-state index is -0.266. The van der Waals surface area contributed by atoms with Gasteiger partial charge < -0.3 is 29.3 Å². The Morgan fingerprint density at radius 2 is 1.68 bits per heavy atom. The van der Waals surface area contributed by atoms with Crippen LogP contribution in [0.1, 0.15) is 28.2 Å². The number of hydrogen-bond donors (Lipinski definition) is 1. The molecule has 0 radical (unpaired) electrons. The Morgan fingerprint density at radius 1 is 0.947 bits per heavy atom. The fourth-order valence-corrected chi connectivity index (χ4v) is 5.12. The zero-order valence-electron chi connectivity index (χ0n) is 22.4. The van der Waals surface area contributed by atoms with Gasteiger partial charge in [0, 0.05) is 28.0 Å². The van der Waals surface area contributed by atoms with Crippen LogP contribution in [0.2, 0.25) is 0 Å². The molecule has 2 aromatic carbocycles. The van der Waals surface area contributed by atoms with E-state index in [4.69, 9.17) is 14.2 Å². The lowest BCUT2D eigenvalue weighted by atomic mass is 10.1. The smallest absolute Gasteiger partial charge is 0.322 e. The first-order valence-corrected chi connectivity index (χ1v) is 13.5. The van der Waals surface area contributed by atoms with Crippen molar-refractivity contribution < 1.29 is 23.8 Å². The van der Waals surface area contributed by atoms with Gasteiger partial charge in [-0.3, -0.25) is 4.79 Å². The molecule has 1 N–H and O–H groups in total. The second-order valence-corrected chi connectivity index (χ2v) is 10.7. The SMILES string of the molecule is COc1ccc(NC(=O)N(CC(=O)N(CCc2ccc(OC)c(OC)c2)Cc2ccc(C)s2)C2CC2)cc1. The van der Waals surface area contributed by atoms with Gasteiger partial charge in [-0.25, -0.2) is 4.79 Å². The highest BCUT2D eigenvalue weighted by molar-refractivity contribution is 7.11. The van der Waals surface area contributed by atoms with Crippen LogP contribution < -0.4 is 19.5 Å². The van der Waals surface area contributed by atoms with Gasteiger partial charge >= 0.3 is 6.03 Å². The lowest BCUT2D eigenvalue weighted by Crippen LogP contribution is -2.45. The van der Waals surface area contributed by atoms with E-state index < -0.39 is 0 Å². The summed E-state index contributed by atoms with van der Waals surface area (Å²) in [7, 11) is 4.82. The highest BCUT2D eigenvalue weighted by atomic mass is 32.1. The maximum atomic E-state index is 13.6. The number of aryl methyl sites for hydroxylation is 1. The van der Waals surface area contributed by atoms with Gasteiger partial charge in [0.05, 0.1) is 27.9 Å². The summed E-state index contributed by atoms with van der Waals surface area (Å²) >= 11 is 1.68. The first-order valence-electron chi connectivity index (χ1n) is 12.7. The number of hydrogen-bond acceptors (Lipinski definition) is 6. The summed E-state index contributed by atoms with van der Waals surface area (Å²) in [5.41, 5.74) is 1.70. The fourth-order valence-electron chi connectivity index (χ4n) is 4.22. The van der Waals surface area contributed by atoms with Crippen LogP contribution in [0.5, 0.6) is 17.2 Å². The second-order valence-electron chi connectivity index (χ2n) is 9.28. The summed E-state index contributed by atoms with van der Waals surface area (Å²) in [5, 5.41) is 2.93. The molecule has 0 bridgehead atoms. The zero-order valence-corrected chi connectivity index (χ0v) is 23.2. The number of amides is 3. The molecule has 0 atom stereocenters. The van der Waals surface area contributed by atoms with Gasteiger partial charge in [0.25, 0.3) is 0 Å². The lowest BCUT2D eigenvalue weighted by molar-refractivity contribution is -0.132. The molecule has 38 heavy (non-hydrogen) atoms. The van der Waals surface area contributed by atoms with Crippen molar-refractivity contribution in [1.82, 2.24) is 9.80 Å². The molecule has 8 nitrogen and oxygen atoms in total. The van der Waals surface area contributed by atoms with E-state index in [1.165, 1.54) is 4.88 Å². The summed E-state index contributed by atoms with van der Waals surface area (Å²) in [5.74, 6) is 1.97. The molecular weight excluding hydrogens is 502 g/mol. The van der Waals surface area contributed by atoms with Crippen LogP contribution in [0.3, 0.4) is 0 Å². The van der Waals surface area contributed by atoms with Crippen molar-refractivity contribution in [3.8, 4) is 17.2 Å². The normalized spacial score (nSPS) is 12.5. The number of carbonyl (C=O) groups excluding carboxylic acids is 2. The standard InChI is InChI=1S/C29H35N3O5S/c1-20-5-13-25(38-20)18-31(16-15-21-6-14-26(36-3)27(17-21)37-4)28(33)19-32(23-9-10-23)29(34)30-22-7-11-24(35-2)12-8-22/h5-8,11-14,17,23H,9-10,15-16,18-19H2,1-4H3,(H,30,34). The number of carbonyl (C=O) groups is 2. The molecule has 1 aliphatic rings. The average molecular weight is 538 g/mol. The largest absolute Gasteiger partial charge is 0.497 e. The first-order chi connectivity index (χ1) is 18.4. The third kappa shape index (κ3) is 7.19. The van der Waals surface area contributed by atoms with Crippen molar-refractivity contribution >= 4 is 29.0 Å². The summed E-state index contributed by atoms with van der Waals surface area (Å²) in [6.45, 7) is 3.11. The van der Waals surface area contributed by atoms with Gasteiger partial charge in [0.2, 0.25) is 5.91 Å². The number of nitrogens with one attached hydrogen (secondary N) is 1. The highest BCUT2D eigenvalue weighted by Gasteiger charge is 2.35. The number of benzene rings is 2. The summed E-state index contributed by atoms with van der Waals surface area (Å²) < 4.78 is 16.0. The zero-order chi connectivity index (χ0) is 27.1. The summed E-state index contributed by atoms with van der Waals surface area (Å²) in [6.07, 6.45) is 2.45. The Morgan fingerprint density at radius 3 is 2.29 bits per heavy atom. The molecule has 9 heteroatoms. The van der Waals surface area contributed by atoms with Crippen LogP contribution in [-0.2, 0) is 17.8 Å². The van der Waals surface area contributed by atoms with Crippen LogP contribution in [0.25, 0.3) is 0 Å². The highest BCUT2D eigenvalue weighted by Crippen LogP contribution is 2.29. The third-order valence-corrected chi connectivity index (χ3v) is 7.49. The molecule has 0 spiro atoms. The Hall–Kier alpha value is -3.72. The Bertz CT molecular complexity index is 1240. The van der Waals surface area contributed by atoms with Crippen LogP contribution in [-0.4, -0.2) is 62.2 Å². The minimum Gasteiger partial charge on any atom is -0.497 e. The molecule has 3 amide bonds. The molecule has 4 rings (SSSR count). The van der Waals surface area contributed by atoms with E-state index in [0.717, 1.165) is 23.3 Å². The Balaban J connectivity index is 1.46.